The van der Waals surface area contributed by atoms with E-state index in [1.807, 2.05) is 0 Å². The van der Waals surface area contributed by atoms with Crippen molar-refractivity contribution in [1.29, 1.82) is 0 Å². The van der Waals surface area contributed by atoms with Crippen LogP contribution in [0, 0.1) is 0 Å². The van der Waals surface area contributed by atoms with Crippen LogP contribution >= 0.6 is 0 Å². The maximum absolute atomic E-state index is 12.5. The summed E-state index contributed by atoms with van der Waals surface area (Å²) < 4.78 is 1.17. The van der Waals surface area contributed by atoms with Gasteiger partial charge >= 0.3 is 0 Å². The molecular weight excluding hydrogens is 434 g/mol. The number of rotatable bonds is 6. The number of likely N-dealkylation sites (tertiary alicyclic amines) is 1. The van der Waals surface area contributed by atoms with Crippen LogP contribution in [0.25, 0.3) is 11.3 Å². The van der Waals surface area contributed by atoms with E-state index in [0.717, 1.165) is 12.8 Å². The van der Waals surface area contributed by atoms with Gasteiger partial charge in [0.1, 0.15) is 5.69 Å². The van der Waals surface area contributed by atoms with Crippen LogP contribution in [0.2, 0.25) is 0 Å². The molecule has 3 amide bonds. The summed E-state index contributed by atoms with van der Waals surface area (Å²) >= 11 is 0. The Bertz CT molecular complexity index is 1240. The number of aromatic nitrogens is 3. The fraction of sp³-hybridized carbons (Fsp3) is 0.208. The monoisotopic (exact) mass is 459 g/mol. The van der Waals surface area contributed by atoms with E-state index in [1.165, 1.54) is 10.8 Å². The van der Waals surface area contributed by atoms with E-state index in [9.17, 15) is 14.4 Å². The average Bonchev–Trinajstić information content (AvgIpc) is 3.21. The summed E-state index contributed by atoms with van der Waals surface area (Å²) in [6, 6.07) is 9.64. The summed E-state index contributed by atoms with van der Waals surface area (Å²) in [5.74, 6) is 5.36. The second-order valence-electron chi connectivity index (χ2n) is 7.92. The molecule has 4 rings (SSSR count). The number of hydrogen-bond acceptors (Lipinski definition) is 6. The molecule has 2 aromatic heterocycles. The van der Waals surface area contributed by atoms with Crippen LogP contribution < -0.4 is 16.9 Å². The Balaban J connectivity index is 1.66. The fourth-order valence-corrected chi connectivity index (χ4v) is 4.12. The van der Waals surface area contributed by atoms with E-state index in [2.05, 4.69) is 21.9 Å². The lowest BCUT2D eigenvalue weighted by atomic mass is 10.0. The van der Waals surface area contributed by atoms with Crippen molar-refractivity contribution in [2.75, 3.05) is 17.7 Å². The smallest absolute Gasteiger partial charge is 0.269 e. The molecule has 1 aromatic carbocycles. The highest BCUT2D eigenvalue weighted by Gasteiger charge is 2.33. The normalized spacial score (nSPS) is 15.5. The Labute approximate surface area is 196 Å². The molecule has 0 radical (unpaired) electrons. The first kappa shape index (κ1) is 22.7. The van der Waals surface area contributed by atoms with Crippen molar-refractivity contribution in [1.82, 2.24) is 19.5 Å². The predicted molar refractivity (Wildman–Crippen MR) is 127 cm³/mol. The molecule has 0 bridgehead atoms. The molecule has 1 saturated heterocycles. The number of imidazole rings is 1. The quantitative estimate of drug-likeness (QED) is 0.380. The molecule has 174 valence electrons. The molecule has 1 fully saturated rings. The third-order valence-electron chi connectivity index (χ3n) is 5.77. The number of nitrogens with one attached hydrogen (secondary N) is 1. The average molecular weight is 460 g/mol. The van der Waals surface area contributed by atoms with E-state index in [1.54, 1.807) is 53.7 Å². The molecule has 1 aliphatic heterocycles. The standard InChI is InChI=1S/C24H25N7O3/c1-2-19(32)30-13-4-3-7-18(30)23-29-20(21(22(25)33)31(23)26)15-8-10-16(11-9-15)24(34)28-17-6-5-12-27-14-17/h2,5-6,8-12,14,18H,1,3-4,7,13,26H2,(H2,25,33)(H,28,34)/t18-/m0/s1. The number of primary amides is 1. The second kappa shape index (κ2) is 9.57. The van der Waals surface area contributed by atoms with Crippen LogP contribution in [-0.4, -0.2) is 43.8 Å². The molecular formula is C24H25N7O3. The van der Waals surface area contributed by atoms with E-state index in [0.29, 0.717) is 41.3 Å². The van der Waals surface area contributed by atoms with Gasteiger partial charge in [0.2, 0.25) is 5.91 Å². The van der Waals surface area contributed by atoms with Crippen LogP contribution in [0.3, 0.4) is 0 Å². The lowest BCUT2D eigenvalue weighted by molar-refractivity contribution is -0.129. The topological polar surface area (TPSA) is 149 Å². The second-order valence-corrected chi connectivity index (χ2v) is 7.92. The maximum Gasteiger partial charge on any atom is 0.269 e. The number of nitrogens with two attached hydrogens (primary N) is 2. The van der Waals surface area contributed by atoms with Gasteiger partial charge in [0.15, 0.2) is 11.5 Å². The van der Waals surface area contributed by atoms with Crippen molar-refractivity contribution in [3.8, 4) is 11.3 Å². The number of amides is 3. The molecule has 10 nitrogen and oxygen atoms in total. The summed E-state index contributed by atoms with van der Waals surface area (Å²) in [4.78, 5) is 47.5. The molecule has 0 spiro atoms. The van der Waals surface area contributed by atoms with Gasteiger partial charge in [-0.2, -0.15) is 0 Å². The SMILES string of the molecule is C=CC(=O)N1CCCC[C@H]1c1nc(-c2ccc(C(=O)Nc3cccnc3)cc2)c(C(N)=O)n1N. The van der Waals surface area contributed by atoms with Crippen molar-refractivity contribution in [3.63, 3.8) is 0 Å². The highest BCUT2D eigenvalue weighted by Crippen LogP contribution is 2.33. The minimum absolute atomic E-state index is 0.0270. The summed E-state index contributed by atoms with van der Waals surface area (Å²) in [5.41, 5.74) is 7.50. The zero-order chi connectivity index (χ0) is 24.2. The van der Waals surface area contributed by atoms with Gasteiger partial charge in [0.05, 0.1) is 17.9 Å². The number of carbonyl (C=O) groups is 3. The van der Waals surface area contributed by atoms with E-state index in [4.69, 9.17) is 11.6 Å². The number of benzene rings is 1. The summed E-state index contributed by atoms with van der Waals surface area (Å²) in [5, 5.41) is 2.76. The molecule has 0 unspecified atom stereocenters. The van der Waals surface area contributed by atoms with Crippen molar-refractivity contribution < 1.29 is 14.4 Å². The van der Waals surface area contributed by atoms with Gasteiger partial charge in [0.25, 0.3) is 11.8 Å². The van der Waals surface area contributed by atoms with Crippen LogP contribution in [0.4, 0.5) is 5.69 Å². The minimum Gasteiger partial charge on any atom is -0.364 e. The highest BCUT2D eigenvalue weighted by molar-refractivity contribution is 6.04. The number of carbonyl (C=O) groups excluding carboxylic acids is 3. The van der Waals surface area contributed by atoms with Gasteiger partial charge in [-0.1, -0.05) is 18.7 Å². The summed E-state index contributed by atoms with van der Waals surface area (Å²) in [6.07, 6.45) is 6.82. The zero-order valence-corrected chi connectivity index (χ0v) is 18.5. The zero-order valence-electron chi connectivity index (χ0n) is 18.5. The number of nitrogens with zero attached hydrogens (tertiary/aromatic N) is 4. The third kappa shape index (κ3) is 4.38. The van der Waals surface area contributed by atoms with Crippen LogP contribution in [0.15, 0.2) is 61.4 Å². The number of anilines is 1. The molecule has 1 aliphatic rings. The van der Waals surface area contributed by atoms with E-state index in [-0.39, 0.29) is 17.5 Å². The van der Waals surface area contributed by atoms with Crippen molar-refractivity contribution in [2.24, 2.45) is 5.73 Å². The molecule has 0 saturated carbocycles. The summed E-state index contributed by atoms with van der Waals surface area (Å²) in [6.45, 7) is 4.12. The molecule has 1 atom stereocenters. The van der Waals surface area contributed by atoms with E-state index >= 15 is 0 Å². The van der Waals surface area contributed by atoms with Gasteiger partial charge in [-0.05, 0) is 49.6 Å². The number of pyridine rings is 1. The van der Waals surface area contributed by atoms with Crippen LogP contribution in [0.1, 0.15) is 52.0 Å². The lowest BCUT2D eigenvalue weighted by Crippen LogP contribution is -2.39. The third-order valence-corrected chi connectivity index (χ3v) is 5.77. The van der Waals surface area contributed by atoms with Gasteiger partial charge < -0.3 is 21.8 Å². The first-order valence-electron chi connectivity index (χ1n) is 10.8. The van der Waals surface area contributed by atoms with Gasteiger partial charge in [-0.3, -0.25) is 19.4 Å². The molecule has 5 N–H and O–H groups in total. The fourth-order valence-electron chi connectivity index (χ4n) is 4.12. The number of hydrogen-bond donors (Lipinski definition) is 3. The molecule has 34 heavy (non-hydrogen) atoms. The molecule has 3 heterocycles. The van der Waals surface area contributed by atoms with Crippen LogP contribution in [0.5, 0.6) is 0 Å². The first-order valence-corrected chi connectivity index (χ1v) is 10.8. The molecule has 10 heteroatoms. The Kier molecular flexibility index (Phi) is 6.39. The molecule has 3 aromatic rings. The van der Waals surface area contributed by atoms with E-state index < -0.39 is 11.9 Å². The Morgan fingerprint density at radius 2 is 1.91 bits per heavy atom. The Hall–Kier alpha value is -4.47. The largest absolute Gasteiger partial charge is 0.364 e. The van der Waals surface area contributed by atoms with Gasteiger partial charge in [-0.25, -0.2) is 9.66 Å². The lowest BCUT2D eigenvalue weighted by Gasteiger charge is -2.34. The Morgan fingerprint density at radius 3 is 2.56 bits per heavy atom. The van der Waals surface area contributed by atoms with Gasteiger partial charge in [-0.15, -0.1) is 0 Å². The van der Waals surface area contributed by atoms with Crippen molar-refractivity contribution in [3.05, 3.63) is 78.5 Å². The maximum atomic E-state index is 12.5. The number of nitrogen functional groups attached to an aromatic ring is 1. The van der Waals surface area contributed by atoms with Crippen LogP contribution in [-0.2, 0) is 4.79 Å². The van der Waals surface area contributed by atoms with Crippen molar-refractivity contribution >= 4 is 23.4 Å². The van der Waals surface area contributed by atoms with Gasteiger partial charge in [0, 0.05) is 23.9 Å². The summed E-state index contributed by atoms with van der Waals surface area (Å²) in [7, 11) is 0. The minimum atomic E-state index is -0.743. The molecule has 0 aliphatic carbocycles. The Morgan fingerprint density at radius 1 is 1.15 bits per heavy atom. The highest BCUT2D eigenvalue weighted by atomic mass is 16.2. The first-order chi connectivity index (χ1) is 16.4. The van der Waals surface area contributed by atoms with Crippen molar-refractivity contribution in [2.45, 2.75) is 25.3 Å². The number of piperidine rings is 1. The predicted octanol–water partition coefficient (Wildman–Crippen LogP) is 2.25.